The van der Waals surface area contributed by atoms with E-state index in [4.69, 9.17) is 17.3 Å². The van der Waals surface area contributed by atoms with Crippen molar-refractivity contribution in [2.24, 2.45) is 5.73 Å². The number of hydrogen-bond donors (Lipinski definition) is 1. The number of rotatable bonds is 3. The van der Waals surface area contributed by atoms with E-state index >= 15 is 0 Å². The molecule has 100 valence electrons. The summed E-state index contributed by atoms with van der Waals surface area (Å²) >= 11 is 9.61. The fourth-order valence-electron chi connectivity index (χ4n) is 2.65. The van der Waals surface area contributed by atoms with E-state index in [1.807, 2.05) is 12.1 Å². The average molecular weight is 332 g/mol. The Kier molecular flexibility index (Phi) is 5.49. The molecule has 0 radical (unpaired) electrons. The molecule has 0 bridgehead atoms. The summed E-state index contributed by atoms with van der Waals surface area (Å²) in [4.78, 5) is 2.51. The first-order valence-electron chi connectivity index (χ1n) is 6.61. The fraction of sp³-hybridized carbons (Fsp3) is 0.571. The van der Waals surface area contributed by atoms with Gasteiger partial charge in [0.05, 0.1) is 0 Å². The highest BCUT2D eigenvalue weighted by Crippen LogP contribution is 2.31. The maximum atomic E-state index is 6.00. The van der Waals surface area contributed by atoms with Crippen LogP contribution in [-0.2, 0) is 0 Å². The molecular weight excluding hydrogens is 312 g/mol. The number of benzene rings is 1. The van der Waals surface area contributed by atoms with Gasteiger partial charge < -0.3 is 5.73 Å². The van der Waals surface area contributed by atoms with Gasteiger partial charge in [-0.15, -0.1) is 0 Å². The number of nitrogens with zero attached hydrogens (tertiary/aromatic N) is 1. The van der Waals surface area contributed by atoms with Crippen molar-refractivity contribution in [3.8, 4) is 0 Å². The summed E-state index contributed by atoms with van der Waals surface area (Å²) in [5, 5.41) is 0.761. The molecule has 2 N–H and O–H groups in total. The minimum Gasteiger partial charge on any atom is -0.329 e. The Morgan fingerprint density at radius 3 is 2.44 bits per heavy atom. The van der Waals surface area contributed by atoms with Crippen LogP contribution in [0.1, 0.15) is 37.3 Å². The molecule has 1 heterocycles. The Labute approximate surface area is 123 Å². The molecule has 1 aliphatic rings. The van der Waals surface area contributed by atoms with Crippen molar-refractivity contribution in [3.05, 3.63) is 33.3 Å². The summed E-state index contributed by atoms with van der Waals surface area (Å²) in [6.07, 6.45) is 5.24. The Balaban J connectivity index is 2.20. The van der Waals surface area contributed by atoms with Crippen LogP contribution in [0.2, 0.25) is 5.02 Å². The minimum atomic E-state index is 0.301. The van der Waals surface area contributed by atoms with Crippen molar-refractivity contribution in [2.45, 2.75) is 31.7 Å². The molecule has 1 unspecified atom stereocenters. The Morgan fingerprint density at radius 1 is 1.22 bits per heavy atom. The van der Waals surface area contributed by atoms with Crippen molar-refractivity contribution >= 4 is 27.5 Å². The Hall–Kier alpha value is -0.0900. The molecule has 1 atom stereocenters. The molecule has 1 fully saturated rings. The van der Waals surface area contributed by atoms with Crippen molar-refractivity contribution in [3.63, 3.8) is 0 Å². The van der Waals surface area contributed by atoms with Crippen LogP contribution in [0.15, 0.2) is 22.7 Å². The van der Waals surface area contributed by atoms with E-state index in [1.54, 1.807) is 0 Å². The van der Waals surface area contributed by atoms with Gasteiger partial charge in [-0.3, -0.25) is 4.90 Å². The Morgan fingerprint density at radius 2 is 1.89 bits per heavy atom. The third kappa shape index (κ3) is 3.47. The third-order valence-electron chi connectivity index (χ3n) is 3.63. The quantitative estimate of drug-likeness (QED) is 0.908. The van der Waals surface area contributed by atoms with Crippen LogP contribution in [0, 0.1) is 0 Å². The minimum absolute atomic E-state index is 0.301. The highest BCUT2D eigenvalue weighted by atomic mass is 79.9. The van der Waals surface area contributed by atoms with E-state index in [-0.39, 0.29) is 0 Å². The molecule has 0 amide bonds. The zero-order valence-corrected chi connectivity index (χ0v) is 12.9. The predicted molar refractivity (Wildman–Crippen MR) is 81.0 cm³/mol. The van der Waals surface area contributed by atoms with Crippen LogP contribution >= 0.6 is 27.5 Å². The lowest BCUT2D eigenvalue weighted by atomic mass is 10.1. The van der Waals surface area contributed by atoms with Crippen molar-refractivity contribution in [1.29, 1.82) is 0 Å². The third-order valence-corrected chi connectivity index (χ3v) is 4.55. The van der Waals surface area contributed by atoms with Crippen molar-refractivity contribution in [1.82, 2.24) is 4.90 Å². The first kappa shape index (κ1) is 14.3. The van der Waals surface area contributed by atoms with Gasteiger partial charge in [0.2, 0.25) is 0 Å². The SMILES string of the molecule is NCC(c1ccc(Cl)cc1Br)N1CCCCCC1. The highest BCUT2D eigenvalue weighted by molar-refractivity contribution is 9.10. The van der Waals surface area contributed by atoms with Crippen molar-refractivity contribution in [2.75, 3.05) is 19.6 Å². The molecule has 0 spiro atoms. The number of hydrogen-bond acceptors (Lipinski definition) is 2. The molecule has 2 rings (SSSR count). The molecule has 1 aliphatic heterocycles. The van der Waals surface area contributed by atoms with E-state index in [2.05, 4.69) is 26.9 Å². The molecule has 0 saturated carbocycles. The number of halogens is 2. The van der Waals surface area contributed by atoms with E-state index in [0.29, 0.717) is 12.6 Å². The molecule has 0 aliphatic carbocycles. The van der Waals surface area contributed by atoms with Gasteiger partial charge in [0.25, 0.3) is 0 Å². The average Bonchev–Trinajstić information content (AvgIpc) is 2.62. The van der Waals surface area contributed by atoms with Crippen LogP contribution in [-0.4, -0.2) is 24.5 Å². The molecule has 1 aromatic carbocycles. The lowest BCUT2D eigenvalue weighted by molar-refractivity contribution is 0.209. The van der Waals surface area contributed by atoms with Gasteiger partial charge in [-0.2, -0.15) is 0 Å². The van der Waals surface area contributed by atoms with Crippen LogP contribution in [0.25, 0.3) is 0 Å². The standard InChI is InChI=1S/C14H20BrClN2/c15-13-9-11(16)5-6-12(13)14(10-17)18-7-3-1-2-4-8-18/h5-6,9,14H,1-4,7-8,10,17H2. The summed E-state index contributed by atoms with van der Waals surface area (Å²) in [5.74, 6) is 0. The van der Waals surface area contributed by atoms with E-state index in [1.165, 1.54) is 31.2 Å². The second kappa shape index (κ2) is 6.90. The van der Waals surface area contributed by atoms with Gasteiger partial charge in [-0.25, -0.2) is 0 Å². The summed E-state index contributed by atoms with van der Waals surface area (Å²) in [6.45, 7) is 2.95. The second-order valence-electron chi connectivity index (χ2n) is 4.87. The maximum Gasteiger partial charge on any atom is 0.0481 e. The maximum absolute atomic E-state index is 6.00. The van der Waals surface area contributed by atoms with E-state index in [9.17, 15) is 0 Å². The number of likely N-dealkylation sites (tertiary alicyclic amines) is 1. The topological polar surface area (TPSA) is 29.3 Å². The van der Waals surface area contributed by atoms with Crippen LogP contribution in [0.5, 0.6) is 0 Å². The lowest BCUT2D eigenvalue weighted by Crippen LogP contribution is -2.34. The summed E-state index contributed by atoms with van der Waals surface area (Å²) < 4.78 is 1.06. The van der Waals surface area contributed by atoms with Gasteiger partial charge in [-0.05, 0) is 43.6 Å². The second-order valence-corrected chi connectivity index (χ2v) is 6.16. The Bertz CT molecular complexity index is 389. The first-order valence-corrected chi connectivity index (χ1v) is 7.78. The molecule has 2 nitrogen and oxygen atoms in total. The molecular formula is C14H20BrClN2. The highest BCUT2D eigenvalue weighted by Gasteiger charge is 2.21. The predicted octanol–water partition coefficient (Wildman–Crippen LogP) is 3.98. The van der Waals surface area contributed by atoms with Crippen LogP contribution in [0.3, 0.4) is 0 Å². The van der Waals surface area contributed by atoms with E-state index in [0.717, 1.165) is 22.6 Å². The van der Waals surface area contributed by atoms with Gasteiger partial charge >= 0.3 is 0 Å². The lowest BCUT2D eigenvalue weighted by Gasteiger charge is -2.30. The largest absolute Gasteiger partial charge is 0.329 e. The van der Waals surface area contributed by atoms with E-state index < -0.39 is 0 Å². The van der Waals surface area contributed by atoms with Crippen LogP contribution in [0.4, 0.5) is 0 Å². The van der Waals surface area contributed by atoms with Gasteiger partial charge in [0.15, 0.2) is 0 Å². The fourth-order valence-corrected chi connectivity index (χ4v) is 3.60. The van der Waals surface area contributed by atoms with Gasteiger partial charge in [0, 0.05) is 22.1 Å². The molecule has 18 heavy (non-hydrogen) atoms. The van der Waals surface area contributed by atoms with Gasteiger partial charge in [0.1, 0.15) is 0 Å². The zero-order valence-electron chi connectivity index (χ0n) is 10.5. The molecule has 4 heteroatoms. The first-order chi connectivity index (χ1) is 8.72. The molecule has 1 aromatic rings. The summed E-state index contributed by atoms with van der Waals surface area (Å²) in [7, 11) is 0. The summed E-state index contributed by atoms with van der Waals surface area (Å²) in [6, 6.07) is 6.30. The normalized spacial score (nSPS) is 19.5. The smallest absolute Gasteiger partial charge is 0.0481 e. The molecule has 1 saturated heterocycles. The van der Waals surface area contributed by atoms with Crippen molar-refractivity contribution < 1.29 is 0 Å². The monoisotopic (exact) mass is 330 g/mol. The van der Waals surface area contributed by atoms with Crippen LogP contribution < -0.4 is 5.73 Å². The molecule has 0 aromatic heterocycles. The zero-order chi connectivity index (χ0) is 13.0. The summed E-state index contributed by atoms with van der Waals surface area (Å²) in [5.41, 5.74) is 7.25. The number of nitrogens with two attached hydrogens (primary N) is 1. The van der Waals surface area contributed by atoms with Gasteiger partial charge in [-0.1, -0.05) is 46.4 Å².